The maximum atomic E-state index is 6.87. The van der Waals surface area contributed by atoms with Crippen LogP contribution in [0.1, 0.15) is 0 Å². The second kappa shape index (κ2) is 13.3. The first-order valence-corrected chi connectivity index (χ1v) is 21.4. The topological polar surface area (TPSA) is 43.9 Å². The summed E-state index contributed by atoms with van der Waals surface area (Å²) in [6, 6.07) is 71.2. The van der Waals surface area contributed by atoms with Crippen molar-refractivity contribution in [3.05, 3.63) is 200 Å². The molecule has 5 heteroatoms. The Morgan fingerprint density at radius 2 is 1.00 bits per heavy atom. The molecule has 4 nitrogen and oxygen atoms in total. The zero-order valence-electron chi connectivity index (χ0n) is 32.7. The number of aromatic nitrogens is 3. The molecule has 0 atom stereocenters. The van der Waals surface area contributed by atoms with E-state index in [0.717, 1.165) is 49.6 Å². The minimum absolute atomic E-state index is 0.642. The van der Waals surface area contributed by atoms with Crippen molar-refractivity contribution < 1.29 is 4.42 Å². The summed E-state index contributed by atoms with van der Waals surface area (Å²) >= 11 is 1.88. The fourth-order valence-electron chi connectivity index (χ4n) is 9.42. The van der Waals surface area contributed by atoms with Gasteiger partial charge in [0.15, 0.2) is 17.2 Å². The lowest BCUT2D eigenvalue weighted by atomic mass is 9.97. The van der Waals surface area contributed by atoms with Gasteiger partial charge in [-0.15, -0.1) is 11.3 Å². The van der Waals surface area contributed by atoms with Crippen LogP contribution in [0.2, 0.25) is 0 Å². The van der Waals surface area contributed by atoms with Crippen LogP contribution in [0, 0.1) is 0 Å². The number of nitrogens with zero attached hydrogens (tertiary/aromatic N) is 3. The van der Waals surface area contributed by atoms with Gasteiger partial charge in [-0.2, -0.15) is 0 Å². The van der Waals surface area contributed by atoms with Crippen molar-refractivity contribution >= 4 is 86.2 Å². The molecule has 4 aromatic heterocycles. The van der Waals surface area contributed by atoms with Crippen molar-refractivity contribution in [2.45, 2.75) is 0 Å². The highest BCUT2D eigenvalue weighted by Crippen LogP contribution is 2.50. The highest BCUT2D eigenvalue weighted by Gasteiger charge is 2.27. The predicted molar refractivity (Wildman–Crippen MR) is 256 cm³/mol. The number of rotatable bonds is 5. The standard InChI is InChI=1S/C56H33N3OS/c1-4-15-34(16-5-1)36-27-29-38(30-28-36)55-57-50-43-23-12-13-26-47(43)60-52(50)56(58-55)59-46-32-31-39(35-17-6-2-7-18-35)33-45(46)48-41-21-10-11-22-42(41)54-49(51(48)59)44-25-14-24-40(53(44)61-54)37-19-8-3-9-20-37/h1-33H. The molecule has 0 aliphatic rings. The molecule has 13 rings (SSSR count). The van der Waals surface area contributed by atoms with E-state index >= 15 is 0 Å². The van der Waals surface area contributed by atoms with Gasteiger partial charge in [-0.25, -0.2) is 9.97 Å². The minimum Gasteiger partial charge on any atom is -0.450 e. The third-order valence-corrected chi connectivity index (χ3v) is 13.5. The summed E-state index contributed by atoms with van der Waals surface area (Å²) in [5, 5.41) is 8.18. The number of furan rings is 1. The van der Waals surface area contributed by atoms with Gasteiger partial charge in [0.1, 0.15) is 11.1 Å². The monoisotopic (exact) mass is 795 g/mol. The molecule has 9 aromatic carbocycles. The largest absolute Gasteiger partial charge is 0.450 e. The molecular formula is C56H33N3OS. The van der Waals surface area contributed by atoms with Gasteiger partial charge < -0.3 is 4.42 Å². The quantitative estimate of drug-likeness (QED) is 0.174. The van der Waals surface area contributed by atoms with Gasteiger partial charge in [-0.3, -0.25) is 4.57 Å². The van der Waals surface area contributed by atoms with Crippen LogP contribution >= 0.6 is 11.3 Å². The van der Waals surface area contributed by atoms with Crippen LogP contribution in [-0.2, 0) is 0 Å². The predicted octanol–water partition coefficient (Wildman–Crippen LogP) is 15.7. The maximum absolute atomic E-state index is 6.87. The average Bonchev–Trinajstić information content (AvgIpc) is 4.02. The number of thiophene rings is 1. The molecule has 0 bridgehead atoms. The van der Waals surface area contributed by atoms with Gasteiger partial charge >= 0.3 is 0 Å². The van der Waals surface area contributed by atoms with Crippen LogP contribution in [-0.4, -0.2) is 14.5 Å². The summed E-state index contributed by atoms with van der Waals surface area (Å²) in [4.78, 5) is 10.9. The lowest BCUT2D eigenvalue weighted by Gasteiger charge is -2.12. The number of hydrogen-bond donors (Lipinski definition) is 0. The maximum Gasteiger partial charge on any atom is 0.197 e. The fraction of sp³-hybridized carbons (Fsp3) is 0. The molecule has 0 aliphatic carbocycles. The highest BCUT2D eigenvalue weighted by molar-refractivity contribution is 7.27. The molecule has 0 unspecified atom stereocenters. The fourth-order valence-corrected chi connectivity index (χ4v) is 10.8. The van der Waals surface area contributed by atoms with E-state index in [1.807, 2.05) is 29.5 Å². The third-order valence-electron chi connectivity index (χ3n) is 12.2. The Bertz CT molecular complexity index is 3850. The Hall–Kier alpha value is -7.86. The van der Waals surface area contributed by atoms with Gasteiger partial charge in [-0.1, -0.05) is 176 Å². The Labute approximate surface area is 354 Å². The average molecular weight is 796 g/mol. The molecule has 61 heavy (non-hydrogen) atoms. The Morgan fingerprint density at radius 3 is 1.75 bits per heavy atom. The van der Waals surface area contributed by atoms with Crippen LogP contribution in [0.4, 0.5) is 0 Å². The summed E-state index contributed by atoms with van der Waals surface area (Å²) in [6.07, 6.45) is 0. The summed E-state index contributed by atoms with van der Waals surface area (Å²) in [7, 11) is 0. The van der Waals surface area contributed by atoms with Crippen LogP contribution in [0.25, 0.3) is 125 Å². The van der Waals surface area contributed by atoms with E-state index in [1.54, 1.807) is 0 Å². The van der Waals surface area contributed by atoms with E-state index < -0.39 is 0 Å². The van der Waals surface area contributed by atoms with Crippen molar-refractivity contribution in [3.8, 4) is 50.6 Å². The molecule has 0 saturated carbocycles. The molecule has 4 heterocycles. The lowest BCUT2D eigenvalue weighted by Crippen LogP contribution is -2.02. The molecule has 0 radical (unpaired) electrons. The summed E-state index contributed by atoms with van der Waals surface area (Å²) in [6.45, 7) is 0. The molecule has 0 fully saturated rings. The van der Waals surface area contributed by atoms with Gasteiger partial charge in [0.05, 0.1) is 11.0 Å². The molecule has 0 amide bonds. The van der Waals surface area contributed by atoms with Crippen LogP contribution in [0.5, 0.6) is 0 Å². The zero-order chi connectivity index (χ0) is 40.0. The first kappa shape index (κ1) is 34.0. The van der Waals surface area contributed by atoms with Crippen LogP contribution < -0.4 is 0 Å². The Kier molecular flexibility index (Phi) is 7.44. The van der Waals surface area contributed by atoms with Crippen LogP contribution in [0.3, 0.4) is 0 Å². The van der Waals surface area contributed by atoms with E-state index in [9.17, 15) is 0 Å². The summed E-state index contributed by atoms with van der Waals surface area (Å²) in [5.74, 6) is 1.36. The van der Waals surface area contributed by atoms with Crippen molar-refractivity contribution in [3.63, 3.8) is 0 Å². The second-order valence-corrected chi connectivity index (χ2v) is 16.7. The number of para-hydroxylation sites is 1. The van der Waals surface area contributed by atoms with E-state index in [1.165, 1.54) is 58.6 Å². The van der Waals surface area contributed by atoms with Crippen molar-refractivity contribution in [2.24, 2.45) is 0 Å². The molecule has 13 aromatic rings. The smallest absolute Gasteiger partial charge is 0.197 e. The third kappa shape index (κ3) is 5.18. The first-order valence-electron chi connectivity index (χ1n) is 20.6. The van der Waals surface area contributed by atoms with E-state index in [0.29, 0.717) is 17.2 Å². The summed E-state index contributed by atoms with van der Waals surface area (Å²) in [5.41, 5.74) is 12.4. The van der Waals surface area contributed by atoms with Crippen molar-refractivity contribution in [1.82, 2.24) is 14.5 Å². The van der Waals surface area contributed by atoms with Gasteiger partial charge in [0, 0.05) is 47.3 Å². The Morgan fingerprint density at radius 1 is 0.410 bits per heavy atom. The number of fused-ring (bicyclic) bond motifs is 13. The molecule has 0 aliphatic heterocycles. The molecular weight excluding hydrogens is 763 g/mol. The molecule has 0 spiro atoms. The zero-order valence-corrected chi connectivity index (χ0v) is 33.5. The van der Waals surface area contributed by atoms with Gasteiger partial charge in [0.25, 0.3) is 0 Å². The van der Waals surface area contributed by atoms with Crippen LogP contribution in [0.15, 0.2) is 205 Å². The minimum atomic E-state index is 0.642. The number of hydrogen-bond acceptors (Lipinski definition) is 4. The Balaban J connectivity index is 1.20. The second-order valence-electron chi connectivity index (χ2n) is 15.6. The van der Waals surface area contributed by atoms with Gasteiger partial charge in [0.2, 0.25) is 0 Å². The van der Waals surface area contributed by atoms with E-state index in [2.05, 4.69) is 187 Å². The highest BCUT2D eigenvalue weighted by atomic mass is 32.1. The first-order chi connectivity index (χ1) is 30.3. The van der Waals surface area contributed by atoms with Crippen molar-refractivity contribution in [2.75, 3.05) is 0 Å². The molecule has 0 N–H and O–H groups in total. The van der Waals surface area contributed by atoms with Crippen molar-refractivity contribution in [1.29, 1.82) is 0 Å². The van der Waals surface area contributed by atoms with E-state index in [4.69, 9.17) is 14.4 Å². The van der Waals surface area contributed by atoms with Gasteiger partial charge in [-0.05, 0) is 63.0 Å². The molecule has 284 valence electrons. The van der Waals surface area contributed by atoms with E-state index in [-0.39, 0.29) is 0 Å². The lowest BCUT2D eigenvalue weighted by molar-refractivity contribution is 0.662. The molecule has 0 saturated heterocycles. The number of benzene rings is 9. The normalized spacial score (nSPS) is 11.9. The SMILES string of the molecule is c1ccc(-c2ccc(-c3nc(-n4c5ccc(-c6ccccc6)cc5c5c6ccccc6c6sc7c(-c8ccccc8)cccc7c6c54)c4oc5ccccc5c4n3)cc2)cc1. The summed E-state index contributed by atoms with van der Waals surface area (Å²) < 4.78 is 11.8.